The van der Waals surface area contributed by atoms with Gasteiger partial charge < -0.3 is 44.8 Å². The quantitative estimate of drug-likeness (QED) is 0.0964. The minimum atomic E-state index is -0.155. The van der Waals surface area contributed by atoms with Crippen LogP contribution in [0.25, 0.3) is 0 Å². The molecule has 0 heterocycles. The van der Waals surface area contributed by atoms with Gasteiger partial charge >= 0.3 is 0 Å². The van der Waals surface area contributed by atoms with Gasteiger partial charge in [0.15, 0.2) is 0 Å². The predicted octanol–water partition coefficient (Wildman–Crippen LogP) is -2.42. The molecule has 202 valence electrons. The van der Waals surface area contributed by atoms with E-state index in [1.54, 1.807) is 14.1 Å². The van der Waals surface area contributed by atoms with Crippen molar-refractivity contribution >= 4 is 11.8 Å². The first kappa shape index (κ1) is 33.9. The number of hydrogen-bond donors (Lipinski definition) is 5. The molecular weight excluding hydrogens is 575 g/mol. The average Bonchev–Trinajstić information content (AvgIpc) is 2.84. The Balaban J connectivity index is 0.000000671. The Labute approximate surface area is 231 Å². The van der Waals surface area contributed by atoms with E-state index in [0.29, 0.717) is 19.6 Å². The summed E-state index contributed by atoms with van der Waals surface area (Å²) in [6, 6.07) is 16.1. The fourth-order valence-electron chi connectivity index (χ4n) is 2.88. The van der Waals surface area contributed by atoms with Gasteiger partial charge in [-0.1, -0.05) is 48.5 Å². The van der Waals surface area contributed by atoms with E-state index in [4.69, 9.17) is 15.4 Å². The standard InChI is InChI=1S/C14H23N3O2.C11H17N3O2.HI/c1-15-19-11-14(18)16-9-12-5-7-13(8-6-12)10-17(2,3)4;1-13-16-8-11(15)14-7-10-4-2-9(6-12)3-5-10;/h5-8,15H,9-11H2,1-4H3;2-5,13H,6-8,12H2,1H3,(H,14,15);1H. The summed E-state index contributed by atoms with van der Waals surface area (Å²) in [6.07, 6.45) is 0. The molecule has 0 saturated carbocycles. The van der Waals surface area contributed by atoms with Crippen molar-refractivity contribution in [3.8, 4) is 0 Å². The lowest BCUT2D eigenvalue weighted by Crippen LogP contribution is -3.00. The second-order valence-electron chi connectivity index (χ2n) is 8.82. The van der Waals surface area contributed by atoms with Crippen LogP contribution in [0.4, 0.5) is 0 Å². The van der Waals surface area contributed by atoms with Crippen LogP contribution in [0.2, 0.25) is 0 Å². The van der Waals surface area contributed by atoms with Crippen molar-refractivity contribution in [3.63, 3.8) is 0 Å². The summed E-state index contributed by atoms with van der Waals surface area (Å²) in [5.74, 6) is -0.290. The molecule has 36 heavy (non-hydrogen) atoms. The zero-order chi connectivity index (χ0) is 26.1. The molecule has 6 N–H and O–H groups in total. The van der Waals surface area contributed by atoms with Crippen LogP contribution in [0.5, 0.6) is 0 Å². The van der Waals surface area contributed by atoms with E-state index in [1.807, 2.05) is 36.4 Å². The molecule has 0 spiro atoms. The molecule has 2 aromatic rings. The Bertz CT molecular complexity index is 874. The monoisotopic (exact) mass is 616 g/mol. The number of carbonyl (C=O) groups is 2. The molecule has 0 aromatic heterocycles. The molecule has 2 rings (SSSR count). The molecule has 0 aliphatic heterocycles. The Morgan fingerprint density at radius 1 is 0.722 bits per heavy atom. The Morgan fingerprint density at radius 2 is 1.08 bits per heavy atom. The van der Waals surface area contributed by atoms with Crippen molar-refractivity contribution in [2.45, 2.75) is 26.2 Å². The van der Waals surface area contributed by atoms with Gasteiger partial charge in [-0.15, -0.1) is 0 Å². The van der Waals surface area contributed by atoms with Gasteiger partial charge in [0.25, 0.3) is 0 Å². The highest BCUT2D eigenvalue weighted by atomic mass is 127. The van der Waals surface area contributed by atoms with Crippen molar-refractivity contribution in [1.82, 2.24) is 21.6 Å². The first-order valence-electron chi connectivity index (χ1n) is 11.4. The van der Waals surface area contributed by atoms with Crippen LogP contribution in [0, 0.1) is 0 Å². The molecule has 0 atom stereocenters. The molecule has 0 aliphatic rings. The number of quaternary nitrogens is 1. The zero-order valence-corrected chi connectivity index (χ0v) is 24.1. The lowest BCUT2D eigenvalue weighted by atomic mass is 10.1. The first-order valence-corrected chi connectivity index (χ1v) is 11.4. The number of carbonyl (C=O) groups excluding carboxylic acids is 2. The minimum Gasteiger partial charge on any atom is -1.00 e. The number of nitrogens with one attached hydrogen (secondary N) is 4. The molecule has 11 heteroatoms. The number of nitrogens with two attached hydrogens (primary N) is 1. The molecule has 2 aromatic carbocycles. The molecule has 0 unspecified atom stereocenters. The summed E-state index contributed by atoms with van der Waals surface area (Å²) in [6.45, 7) is 2.58. The van der Waals surface area contributed by atoms with Gasteiger partial charge in [-0.05, 0) is 16.7 Å². The van der Waals surface area contributed by atoms with Gasteiger partial charge in [0.2, 0.25) is 11.8 Å². The van der Waals surface area contributed by atoms with Gasteiger partial charge in [-0.2, -0.15) is 0 Å². The zero-order valence-electron chi connectivity index (χ0n) is 21.9. The molecule has 0 saturated heterocycles. The van der Waals surface area contributed by atoms with E-state index in [1.165, 1.54) is 5.56 Å². The third-order valence-electron chi connectivity index (χ3n) is 4.61. The summed E-state index contributed by atoms with van der Waals surface area (Å²) in [5, 5.41) is 5.53. The lowest BCUT2D eigenvalue weighted by Gasteiger charge is -2.23. The second-order valence-corrected chi connectivity index (χ2v) is 8.82. The number of benzene rings is 2. The van der Waals surface area contributed by atoms with Gasteiger partial charge in [0.05, 0.1) is 21.1 Å². The smallest absolute Gasteiger partial charge is 0.248 e. The predicted molar refractivity (Wildman–Crippen MR) is 136 cm³/mol. The lowest BCUT2D eigenvalue weighted by molar-refractivity contribution is -0.884. The molecule has 0 bridgehead atoms. The minimum absolute atomic E-state index is 0. The largest absolute Gasteiger partial charge is 1.00 e. The van der Waals surface area contributed by atoms with E-state index < -0.39 is 0 Å². The highest BCUT2D eigenvalue weighted by Gasteiger charge is 2.08. The SMILES string of the molecule is CNOCC(=O)NCc1ccc(CN)cc1.CNOCC(=O)NCc1ccc(C[N+](C)(C)C)cc1.[I-]. The van der Waals surface area contributed by atoms with Crippen molar-refractivity contribution in [2.75, 3.05) is 48.5 Å². The fraction of sp³-hybridized carbons (Fsp3) is 0.440. The number of nitrogens with zero attached hydrogens (tertiary/aromatic N) is 1. The van der Waals surface area contributed by atoms with Crippen molar-refractivity contribution < 1.29 is 47.7 Å². The number of rotatable bonds is 13. The fourth-order valence-corrected chi connectivity index (χ4v) is 2.88. The summed E-state index contributed by atoms with van der Waals surface area (Å²) >= 11 is 0. The van der Waals surface area contributed by atoms with Crippen molar-refractivity contribution in [1.29, 1.82) is 0 Å². The maximum atomic E-state index is 11.4. The molecule has 0 radical (unpaired) electrons. The Morgan fingerprint density at radius 3 is 1.42 bits per heavy atom. The van der Waals surface area contributed by atoms with E-state index in [0.717, 1.165) is 27.7 Å². The normalized spacial score (nSPS) is 10.5. The van der Waals surface area contributed by atoms with E-state index in [2.05, 4.69) is 54.9 Å². The van der Waals surface area contributed by atoms with Crippen LogP contribution in [0.15, 0.2) is 48.5 Å². The molecule has 0 fully saturated rings. The first-order chi connectivity index (χ1) is 16.7. The maximum Gasteiger partial charge on any atom is 0.248 e. The Hall–Kier alpha value is -2.13. The van der Waals surface area contributed by atoms with Crippen LogP contribution < -0.4 is 51.3 Å². The van der Waals surface area contributed by atoms with Gasteiger partial charge in [0, 0.05) is 39.3 Å². The highest BCUT2D eigenvalue weighted by molar-refractivity contribution is 5.77. The molecular formula is C25H41IN6O4. The van der Waals surface area contributed by atoms with Crippen LogP contribution >= 0.6 is 0 Å². The summed E-state index contributed by atoms with van der Waals surface area (Å²) < 4.78 is 0.900. The van der Waals surface area contributed by atoms with E-state index in [9.17, 15) is 9.59 Å². The van der Waals surface area contributed by atoms with Crippen LogP contribution in [-0.4, -0.2) is 64.7 Å². The molecule has 0 aliphatic carbocycles. The van der Waals surface area contributed by atoms with Crippen LogP contribution in [0.1, 0.15) is 22.3 Å². The van der Waals surface area contributed by atoms with Gasteiger partial charge in [-0.3, -0.25) is 19.3 Å². The summed E-state index contributed by atoms with van der Waals surface area (Å²) in [4.78, 5) is 32.1. The van der Waals surface area contributed by atoms with Crippen molar-refractivity contribution in [3.05, 3.63) is 70.8 Å². The van der Waals surface area contributed by atoms with Gasteiger partial charge in [-0.25, -0.2) is 11.0 Å². The Kier molecular flexibility index (Phi) is 17.9. The molecule has 10 nitrogen and oxygen atoms in total. The van der Waals surface area contributed by atoms with Crippen LogP contribution in [-0.2, 0) is 45.4 Å². The maximum absolute atomic E-state index is 11.4. The summed E-state index contributed by atoms with van der Waals surface area (Å²) in [7, 11) is 9.72. The number of halogens is 1. The number of amides is 2. The van der Waals surface area contributed by atoms with Crippen molar-refractivity contribution in [2.24, 2.45) is 5.73 Å². The van der Waals surface area contributed by atoms with Gasteiger partial charge in [0.1, 0.15) is 19.8 Å². The second kappa shape index (κ2) is 19.0. The third kappa shape index (κ3) is 16.5. The average molecular weight is 617 g/mol. The third-order valence-corrected chi connectivity index (χ3v) is 4.61. The number of hydrogen-bond acceptors (Lipinski definition) is 7. The van der Waals surface area contributed by atoms with Crippen LogP contribution in [0.3, 0.4) is 0 Å². The summed E-state index contributed by atoms with van der Waals surface area (Å²) in [5.41, 5.74) is 14.9. The number of hydroxylamine groups is 2. The topological polar surface area (TPSA) is 127 Å². The highest BCUT2D eigenvalue weighted by Crippen LogP contribution is 2.09. The molecule has 2 amide bonds. The van der Waals surface area contributed by atoms with E-state index >= 15 is 0 Å². The van der Waals surface area contributed by atoms with E-state index in [-0.39, 0.29) is 49.0 Å².